The summed E-state index contributed by atoms with van der Waals surface area (Å²) in [5.74, 6) is -1.02. The molecule has 2 aliphatic carbocycles. The van der Waals surface area contributed by atoms with Crippen molar-refractivity contribution < 1.29 is 68.1 Å². The van der Waals surface area contributed by atoms with Crippen LogP contribution >= 0.6 is 23.2 Å². The number of benzene rings is 4. The second-order valence-electron chi connectivity index (χ2n) is 19.1. The number of aliphatic hydroxyl groups excluding tert-OH is 2. The van der Waals surface area contributed by atoms with Gasteiger partial charge in [0.15, 0.2) is 22.3 Å². The Kier molecular flexibility index (Phi) is 17.2. The third-order valence-corrected chi connectivity index (χ3v) is 13.9. The number of aliphatic hydroxyl groups is 2. The Morgan fingerprint density at radius 3 is 1.48 bits per heavy atom. The molecule has 30 heteroatoms. The normalized spacial score (nSPS) is 14.4. The topological polar surface area (TPSA) is 255 Å². The lowest BCUT2D eigenvalue weighted by Gasteiger charge is -2.15. The minimum Gasteiger partial charge on any atom is -0.425 e. The summed E-state index contributed by atoms with van der Waals surface area (Å²) in [6.07, 6.45) is -5.65. The molecule has 10 rings (SSSR count). The van der Waals surface area contributed by atoms with E-state index in [4.69, 9.17) is 37.8 Å². The summed E-state index contributed by atoms with van der Waals surface area (Å²) in [6, 6.07) is 23.1. The molecule has 0 aliphatic heterocycles. The average molecular weight is 1200 g/mol. The predicted octanol–water partition coefficient (Wildman–Crippen LogP) is 7.61. The van der Waals surface area contributed by atoms with Crippen molar-refractivity contribution in [3.63, 3.8) is 0 Å². The van der Waals surface area contributed by atoms with E-state index < -0.39 is 62.3 Å². The van der Waals surface area contributed by atoms with E-state index in [1.54, 1.807) is 48.5 Å². The number of aromatic amines is 1. The van der Waals surface area contributed by atoms with Crippen molar-refractivity contribution >= 4 is 55.6 Å². The van der Waals surface area contributed by atoms with Crippen molar-refractivity contribution in [2.24, 2.45) is 24.9 Å². The summed E-state index contributed by atoms with van der Waals surface area (Å²) in [5.41, 5.74) is -1.69. The van der Waals surface area contributed by atoms with E-state index in [-0.39, 0.29) is 90.7 Å². The van der Waals surface area contributed by atoms with E-state index in [0.29, 0.717) is 22.9 Å². The number of halogens is 8. The highest BCUT2D eigenvalue weighted by atomic mass is 35.5. The van der Waals surface area contributed by atoms with Gasteiger partial charge in [-0.1, -0.05) is 59.6 Å². The van der Waals surface area contributed by atoms with Gasteiger partial charge in [0, 0.05) is 53.6 Å². The number of ether oxygens (including phenoxy) is 4. The molecule has 0 atom stereocenters. The Balaban J connectivity index is 0.000000181. The summed E-state index contributed by atoms with van der Waals surface area (Å²) >= 11 is 11.9. The summed E-state index contributed by atoms with van der Waals surface area (Å²) in [7, 11) is -0.461. The molecule has 8 aromatic rings. The molecule has 3 N–H and O–H groups in total. The molecule has 4 aromatic carbocycles. The van der Waals surface area contributed by atoms with Gasteiger partial charge in [-0.15, -0.1) is 26.3 Å². The zero-order valence-electron chi connectivity index (χ0n) is 42.8. The minimum atomic E-state index is -4.89. The van der Waals surface area contributed by atoms with E-state index in [2.05, 4.69) is 28.6 Å². The van der Waals surface area contributed by atoms with Gasteiger partial charge < -0.3 is 29.2 Å². The van der Waals surface area contributed by atoms with Gasteiger partial charge in [0.05, 0.1) is 39.2 Å². The largest absolute Gasteiger partial charge is 0.573 e. The van der Waals surface area contributed by atoms with Gasteiger partial charge in [-0.25, -0.2) is 9.59 Å². The Morgan fingerprint density at radius 2 is 1.06 bits per heavy atom. The molecule has 432 valence electrons. The average Bonchev–Trinajstić information content (AvgIpc) is 4.51. The molecule has 0 unspecified atom stereocenters. The van der Waals surface area contributed by atoms with Crippen LogP contribution in [0.15, 0.2) is 116 Å². The molecule has 0 saturated heterocycles. The quantitative estimate of drug-likeness (QED) is 0.0586. The van der Waals surface area contributed by atoms with Gasteiger partial charge in [-0.3, -0.25) is 41.6 Å². The number of H-pyrrole nitrogens is 1. The summed E-state index contributed by atoms with van der Waals surface area (Å²) in [5, 5.41) is 19.6. The summed E-state index contributed by atoms with van der Waals surface area (Å²) in [6.45, 7) is 0.230. The lowest BCUT2D eigenvalue weighted by Crippen LogP contribution is -2.42. The fourth-order valence-electron chi connectivity index (χ4n) is 8.02. The number of nitrogens with zero attached hydrogens (tertiary/aromatic N) is 7. The SMILES string of the molecule is CS(=O)(=O)OCC1(CO)CC1.Cn1c(=O)[nH]c(=O)c2c1nc(Oc1cccc(OC(F)(F)F)c1)n2Cc1ccc(Cl)cc1.Cn1c(=O)n(CC2(CO)CC2)c(=O)c2c1nc(Oc1cccc(OC(F)(F)F)c1)n2Cc1ccc(Cl)cc1. The van der Waals surface area contributed by atoms with Crippen LogP contribution < -0.4 is 41.4 Å². The lowest BCUT2D eigenvalue weighted by molar-refractivity contribution is -0.275. The molecule has 2 fully saturated rings. The number of aryl methyl sites for hydroxylation is 2. The first kappa shape index (κ1) is 59.5. The first-order valence-corrected chi connectivity index (χ1v) is 26.7. The molecule has 0 radical (unpaired) electrons. The van der Waals surface area contributed by atoms with Crippen molar-refractivity contribution in [2.75, 3.05) is 26.1 Å². The maximum Gasteiger partial charge on any atom is 0.573 e. The smallest absolute Gasteiger partial charge is 0.425 e. The fourth-order valence-corrected chi connectivity index (χ4v) is 8.73. The number of alkyl halides is 6. The number of aromatic nitrogens is 8. The highest BCUT2D eigenvalue weighted by Gasteiger charge is 2.44. The number of hydrogen-bond acceptors (Lipinski definition) is 15. The molecular weight excluding hydrogens is 1150 g/mol. The van der Waals surface area contributed by atoms with Crippen LogP contribution in [-0.2, 0) is 48.0 Å². The van der Waals surface area contributed by atoms with Crippen molar-refractivity contribution in [3.05, 3.63) is 160 Å². The minimum absolute atomic E-state index is 0.0131. The Hall–Kier alpha value is -7.63. The number of fused-ring (bicyclic) bond motifs is 2. The van der Waals surface area contributed by atoms with Gasteiger partial charge >= 0.3 is 36.1 Å². The summed E-state index contributed by atoms with van der Waals surface area (Å²) < 4.78 is 127. The van der Waals surface area contributed by atoms with Gasteiger partial charge in [0.1, 0.15) is 23.0 Å². The van der Waals surface area contributed by atoms with Crippen LogP contribution in [0.3, 0.4) is 0 Å². The molecule has 0 amide bonds. The zero-order chi connectivity index (χ0) is 58.8. The van der Waals surface area contributed by atoms with Crippen LogP contribution in [0.2, 0.25) is 10.0 Å². The second-order valence-corrected chi connectivity index (χ2v) is 21.7. The van der Waals surface area contributed by atoms with Crippen LogP contribution in [-0.4, -0.2) is 95.2 Å². The number of hydrogen-bond donors (Lipinski definition) is 3. The van der Waals surface area contributed by atoms with Gasteiger partial charge in [0.25, 0.3) is 21.2 Å². The Morgan fingerprint density at radius 1 is 0.630 bits per heavy atom. The van der Waals surface area contributed by atoms with Gasteiger partial charge in [-0.05, 0) is 85.3 Å². The third-order valence-electron chi connectivity index (χ3n) is 12.8. The highest BCUT2D eigenvalue weighted by Crippen LogP contribution is 2.46. The van der Waals surface area contributed by atoms with E-state index >= 15 is 0 Å². The summed E-state index contributed by atoms with van der Waals surface area (Å²) in [4.78, 5) is 62.1. The maximum atomic E-state index is 13.7. The van der Waals surface area contributed by atoms with Crippen LogP contribution in [0, 0.1) is 10.8 Å². The first-order chi connectivity index (χ1) is 38.1. The molecule has 4 heterocycles. The van der Waals surface area contributed by atoms with Crippen molar-refractivity contribution in [2.45, 2.75) is 58.0 Å². The van der Waals surface area contributed by atoms with E-state index in [1.807, 2.05) is 0 Å². The maximum absolute atomic E-state index is 13.7. The molecule has 81 heavy (non-hydrogen) atoms. The molecule has 0 spiro atoms. The zero-order valence-corrected chi connectivity index (χ0v) is 45.1. The number of nitrogens with one attached hydrogen (secondary N) is 1. The lowest BCUT2D eigenvalue weighted by atomic mass is 10.1. The highest BCUT2D eigenvalue weighted by molar-refractivity contribution is 7.86. The fraction of sp³-hybridized carbons (Fsp3) is 0.333. The van der Waals surface area contributed by atoms with Crippen LogP contribution in [0.1, 0.15) is 36.8 Å². The molecule has 21 nitrogen and oxygen atoms in total. The van der Waals surface area contributed by atoms with E-state index in [9.17, 15) is 59.0 Å². The monoisotopic (exact) mass is 1200 g/mol. The number of rotatable bonds is 17. The van der Waals surface area contributed by atoms with Gasteiger partial charge in [-0.2, -0.15) is 18.4 Å². The molecular formula is C51H48Cl2F6N8O13S. The van der Waals surface area contributed by atoms with E-state index in [1.165, 1.54) is 52.1 Å². The van der Waals surface area contributed by atoms with Crippen molar-refractivity contribution in [1.29, 1.82) is 0 Å². The molecule has 2 saturated carbocycles. The molecule has 0 bridgehead atoms. The number of imidazole rings is 2. The van der Waals surface area contributed by atoms with E-state index in [0.717, 1.165) is 63.6 Å². The molecule has 2 aliphatic rings. The first-order valence-electron chi connectivity index (χ1n) is 24.1. The Labute approximate surface area is 463 Å². The third kappa shape index (κ3) is 15.0. The van der Waals surface area contributed by atoms with Crippen LogP contribution in [0.4, 0.5) is 26.3 Å². The van der Waals surface area contributed by atoms with Crippen molar-refractivity contribution in [3.8, 4) is 35.0 Å². The van der Waals surface area contributed by atoms with Gasteiger partial charge in [0.2, 0.25) is 0 Å². The molecule has 4 aromatic heterocycles. The van der Waals surface area contributed by atoms with Crippen molar-refractivity contribution in [1.82, 2.24) is 37.8 Å². The second kappa shape index (κ2) is 23.5. The van der Waals surface area contributed by atoms with Crippen LogP contribution in [0.5, 0.6) is 35.0 Å². The Bertz CT molecular complexity index is 3970. The van der Waals surface area contributed by atoms with Crippen LogP contribution in [0.25, 0.3) is 22.3 Å². The predicted molar refractivity (Wildman–Crippen MR) is 281 cm³/mol. The standard InChI is InChI=1S/C25H22ClF3N4O5.C20H14ClF3N4O4.C6H12O4S/c1-31-20-19(21(35)33(23(31)36)13-24(14-34)9-10-24)32(12-15-5-7-16(26)8-6-15)22(30-20)37-17-3-2-4-18(11-17)38-25(27,28)29;1-27-16-15(17(29)26-18(27)30)28(10-11-5-7-12(21)8-6-11)19(25-16)31-13-3-2-4-14(9-13)32-20(22,23)24;1-11(8,9)10-5-6(4-7)2-3-6/h2-8,11,34H,9-10,12-14H2,1H3;2-9H,10H2,1H3,(H,26,29,30);7H,2-5H2,1H3.